The number of rotatable bonds is 3. The molecule has 0 saturated carbocycles. The normalized spacial score (nSPS) is 12.7. The Morgan fingerprint density at radius 2 is 2.17 bits per heavy atom. The average molecular weight is 286 g/mol. The fraction of sp³-hybridized carbons (Fsp3) is 0.308. The number of aryl methyl sites for hydroxylation is 2. The Hall–Kier alpha value is -0.970. The van der Waals surface area contributed by atoms with Gasteiger partial charge in [0.25, 0.3) is 0 Å². The summed E-state index contributed by atoms with van der Waals surface area (Å²) < 4.78 is 13.6. The van der Waals surface area contributed by atoms with Gasteiger partial charge in [0.05, 0.1) is 16.8 Å². The fourth-order valence-electron chi connectivity index (χ4n) is 1.67. The molecule has 0 aliphatic carbocycles. The molecule has 5 heteroatoms. The minimum atomic E-state index is -0.896. The van der Waals surface area contributed by atoms with Gasteiger partial charge in [-0.25, -0.2) is 9.37 Å². The number of aliphatic hydroxyl groups is 1. The molecule has 1 aromatic carbocycles. The van der Waals surface area contributed by atoms with E-state index in [2.05, 4.69) is 4.98 Å². The molecule has 2 rings (SSSR count). The highest BCUT2D eigenvalue weighted by molar-refractivity contribution is 7.11. The minimum Gasteiger partial charge on any atom is -0.388 e. The van der Waals surface area contributed by atoms with Gasteiger partial charge in [0.1, 0.15) is 5.82 Å². The standard InChI is InChI=1S/C13H13ClFNOS/c1-7-8(2)18-13(16-7)6-12(17)10-4-3-9(14)5-11(10)15/h3-5,12,17H,6H2,1-2H3. The van der Waals surface area contributed by atoms with Crippen LogP contribution in [0, 0.1) is 19.7 Å². The Morgan fingerprint density at radius 3 is 2.72 bits per heavy atom. The van der Waals surface area contributed by atoms with Crippen molar-refractivity contribution in [2.24, 2.45) is 0 Å². The maximum absolute atomic E-state index is 13.6. The predicted molar refractivity (Wildman–Crippen MR) is 71.7 cm³/mol. The van der Waals surface area contributed by atoms with E-state index in [1.54, 1.807) is 6.07 Å². The topological polar surface area (TPSA) is 33.1 Å². The van der Waals surface area contributed by atoms with Gasteiger partial charge in [-0.05, 0) is 26.0 Å². The van der Waals surface area contributed by atoms with Crippen molar-refractivity contribution in [3.63, 3.8) is 0 Å². The summed E-state index contributed by atoms with van der Waals surface area (Å²) in [6.07, 6.45) is -0.579. The van der Waals surface area contributed by atoms with Gasteiger partial charge < -0.3 is 5.11 Å². The zero-order valence-corrected chi connectivity index (χ0v) is 11.6. The van der Waals surface area contributed by atoms with Crippen molar-refractivity contribution in [3.05, 3.63) is 50.2 Å². The fourth-order valence-corrected chi connectivity index (χ4v) is 2.80. The van der Waals surface area contributed by atoms with Crippen LogP contribution >= 0.6 is 22.9 Å². The lowest BCUT2D eigenvalue weighted by atomic mass is 10.1. The van der Waals surface area contributed by atoms with Crippen molar-refractivity contribution < 1.29 is 9.50 Å². The highest BCUT2D eigenvalue weighted by Crippen LogP contribution is 2.26. The van der Waals surface area contributed by atoms with Crippen LogP contribution in [-0.4, -0.2) is 10.1 Å². The van der Waals surface area contributed by atoms with Crippen molar-refractivity contribution >= 4 is 22.9 Å². The van der Waals surface area contributed by atoms with E-state index in [9.17, 15) is 9.50 Å². The van der Waals surface area contributed by atoms with Crippen LogP contribution in [0.25, 0.3) is 0 Å². The molecule has 0 fully saturated rings. The van der Waals surface area contributed by atoms with Gasteiger partial charge in [0.15, 0.2) is 0 Å². The lowest BCUT2D eigenvalue weighted by molar-refractivity contribution is 0.173. The van der Waals surface area contributed by atoms with E-state index in [1.807, 2.05) is 13.8 Å². The minimum absolute atomic E-state index is 0.255. The molecule has 18 heavy (non-hydrogen) atoms. The van der Waals surface area contributed by atoms with Gasteiger partial charge in [0, 0.05) is 21.9 Å². The second-order valence-corrected chi connectivity index (χ2v) is 5.86. The SMILES string of the molecule is Cc1nc(CC(O)c2ccc(Cl)cc2F)sc1C. The third-order valence-electron chi connectivity index (χ3n) is 2.76. The van der Waals surface area contributed by atoms with Gasteiger partial charge in [-0.15, -0.1) is 11.3 Å². The number of thiazole rings is 1. The van der Waals surface area contributed by atoms with E-state index in [-0.39, 0.29) is 5.56 Å². The molecule has 1 aromatic heterocycles. The van der Waals surface area contributed by atoms with Crippen LogP contribution in [0.15, 0.2) is 18.2 Å². The number of aliphatic hydroxyl groups excluding tert-OH is 1. The molecule has 1 N–H and O–H groups in total. The largest absolute Gasteiger partial charge is 0.388 e. The lowest BCUT2D eigenvalue weighted by Crippen LogP contribution is -2.04. The van der Waals surface area contributed by atoms with E-state index in [0.717, 1.165) is 15.6 Å². The molecule has 2 aromatic rings. The third-order valence-corrected chi connectivity index (χ3v) is 4.09. The summed E-state index contributed by atoms with van der Waals surface area (Å²) in [4.78, 5) is 5.45. The molecule has 0 saturated heterocycles. The van der Waals surface area contributed by atoms with Crippen molar-refractivity contribution in [1.29, 1.82) is 0 Å². The third kappa shape index (κ3) is 2.88. The second-order valence-electron chi connectivity index (χ2n) is 4.13. The molecule has 96 valence electrons. The molecule has 0 amide bonds. The Balaban J connectivity index is 2.19. The molecular formula is C13H13ClFNOS. The number of halogens is 2. The summed E-state index contributed by atoms with van der Waals surface area (Å²) in [5.41, 5.74) is 1.21. The van der Waals surface area contributed by atoms with Crippen molar-refractivity contribution in [2.75, 3.05) is 0 Å². The number of benzene rings is 1. The highest BCUT2D eigenvalue weighted by Gasteiger charge is 2.16. The van der Waals surface area contributed by atoms with Crippen LogP contribution in [0.3, 0.4) is 0 Å². The Morgan fingerprint density at radius 1 is 1.44 bits per heavy atom. The quantitative estimate of drug-likeness (QED) is 0.930. The van der Waals surface area contributed by atoms with Gasteiger partial charge in [-0.2, -0.15) is 0 Å². The molecule has 1 atom stereocenters. The second kappa shape index (κ2) is 5.34. The molecule has 1 unspecified atom stereocenters. The first-order chi connectivity index (χ1) is 8.47. The van der Waals surface area contributed by atoms with Crippen LogP contribution in [0.4, 0.5) is 4.39 Å². The molecule has 0 bridgehead atoms. The summed E-state index contributed by atoms with van der Waals surface area (Å²) in [7, 11) is 0. The monoisotopic (exact) mass is 285 g/mol. The van der Waals surface area contributed by atoms with Crippen LogP contribution in [0.2, 0.25) is 5.02 Å². The Bertz CT molecular complexity index is 551. The van der Waals surface area contributed by atoms with Crippen molar-refractivity contribution in [1.82, 2.24) is 4.98 Å². The lowest BCUT2D eigenvalue weighted by Gasteiger charge is -2.10. The first-order valence-electron chi connectivity index (χ1n) is 5.53. The summed E-state index contributed by atoms with van der Waals surface area (Å²) in [5.74, 6) is -0.486. The van der Waals surface area contributed by atoms with Gasteiger partial charge >= 0.3 is 0 Å². The molecule has 0 spiro atoms. The smallest absolute Gasteiger partial charge is 0.130 e. The van der Waals surface area contributed by atoms with E-state index in [0.29, 0.717) is 11.4 Å². The number of nitrogens with zero attached hydrogens (tertiary/aromatic N) is 1. The van der Waals surface area contributed by atoms with E-state index in [1.165, 1.54) is 23.5 Å². The van der Waals surface area contributed by atoms with Crippen LogP contribution in [0.1, 0.15) is 27.2 Å². The average Bonchev–Trinajstić information content (AvgIpc) is 2.57. The number of hydrogen-bond donors (Lipinski definition) is 1. The molecule has 0 aliphatic rings. The first-order valence-corrected chi connectivity index (χ1v) is 6.72. The maximum Gasteiger partial charge on any atom is 0.130 e. The van der Waals surface area contributed by atoms with Gasteiger partial charge in [-0.1, -0.05) is 17.7 Å². The van der Waals surface area contributed by atoms with Gasteiger partial charge in [-0.3, -0.25) is 0 Å². The molecule has 0 radical (unpaired) electrons. The summed E-state index contributed by atoms with van der Waals surface area (Å²) in [6, 6.07) is 4.29. The molecule has 0 aliphatic heterocycles. The molecule has 1 heterocycles. The van der Waals surface area contributed by atoms with E-state index in [4.69, 9.17) is 11.6 Å². The predicted octanol–water partition coefficient (Wildman–Crippen LogP) is 3.83. The van der Waals surface area contributed by atoms with Crippen molar-refractivity contribution in [3.8, 4) is 0 Å². The summed E-state index contributed by atoms with van der Waals surface area (Å²) in [5, 5.41) is 11.2. The Kier molecular flexibility index (Phi) is 4.00. The number of aromatic nitrogens is 1. The summed E-state index contributed by atoms with van der Waals surface area (Å²) >= 11 is 7.20. The first kappa shape index (κ1) is 13.5. The van der Waals surface area contributed by atoms with E-state index < -0.39 is 11.9 Å². The molecule has 2 nitrogen and oxygen atoms in total. The highest BCUT2D eigenvalue weighted by atomic mass is 35.5. The van der Waals surface area contributed by atoms with Crippen LogP contribution in [-0.2, 0) is 6.42 Å². The molecular weight excluding hydrogens is 273 g/mol. The van der Waals surface area contributed by atoms with Crippen LogP contribution in [0.5, 0.6) is 0 Å². The zero-order valence-electron chi connectivity index (χ0n) is 10.1. The summed E-state index contributed by atoms with van der Waals surface area (Å²) in [6.45, 7) is 3.90. The number of hydrogen-bond acceptors (Lipinski definition) is 3. The van der Waals surface area contributed by atoms with Crippen molar-refractivity contribution in [2.45, 2.75) is 26.4 Å². The Labute approximate surface area is 114 Å². The van der Waals surface area contributed by atoms with Crippen LogP contribution < -0.4 is 0 Å². The zero-order chi connectivity index (χ0) is 13.3. The van der Waals surface area contributed by atoms with Gasteiger partial charge in [0.2, 0.25) is 0 Å². The maximum atomic E-state index is 13.6. The van der Waals surface area contributed by atoms with E-state index >= 15 is 0 Å².